The lowest BCUT2D eigenvalue weighted by Gasteiger charge is -2.29. The first kappa shape index (κ1) is 14.0. The largest absolute Gasteiger partial charge is 0.385 e. The van der Waals surface area contributed by atoms with Crippen molar-refractivity contribution in [3.05, 3.63) is 34.1 Å². The highest BCUT2D eigenvalue weighted by Gasteiger charge is 2.36. The molecule has 2 rings (SSSR count). The maximum atomic E-state index is 13.9. The first-order valence-electron chi connectivity index (χ1n) is 6.50. The summed E-state index contributed by atoms with van der Waals surface area (Å²) in [5.41, 5.74) is -0.330. The molecule has 0 bridgehead atoms. The molecule has 1 aromatic rings. The molecule has 1 aliphatic carbocycles. The van der Waals surface area contributed by atoms with E-state index in [-0.39, 0.29) is 11.2 Å². The Morgan fingerprint density at radius 2 is 1.89 bits per heavy atom. The molecular weight excluding hydrogens is 295 g/mol. The lowest BCUT2D eigenvalue weighted by Crippen LogP contribution is -2.26. The monoisotopic (exact) mass is 314 g/mol. The Morgan fingerprint density at radius 3 is 2.61 bits per heavy atom. The average molecular weight is 315 g/mol. The third-order valence-electron chi connectivity index (χ3n) is 4.09. The van der Waals surface area contributed by atoms with Crippen molar-refractivity contribution in [3.63, 3.8) is 0 Å². The predicted octanol–water partition coefficient (Wildman–Crippen LogP) is 4.77. The van der Waals surface area contributed by atoms with Gasteiger partial charge in [-0.3, -0.25) is 0 Å². The smallest absolute Gasteiger partial charge is 0.129 e. The van der Waals surface area contributed by atoms with Gasteiger partial charge in [0.1, 0.15) is 5.82 Å². The zero-order valence-electron chi connectivity index (χ0n) is 11.0. The number of halogens is 2. The molecule has 100 valence electrons. The summed E-state index contributed by atoms with van der Waals surface area (Å²) in [6.07, 6.45) is 4.23. The first-order valence-corrected chi connectivity index (χ1v) is 7.30. The van der Waals surface area contributed by atoms with E-state index < -0.39 is 5.60 Å². The molecule has 0 aromatic heterocycles. The third kappa shape index (κ3) is 2.94. The highest BCUT2D eigenvalue weighted by molar-refractivity contribution is 9.10. The number of aliphatic hydroxyl groups is 1. The van der Waals surface area contributed by atoms with Crippen LogP contribution in [0.4, 0.5) is 4.39 Å². The second-order valence-corrected chi connectivity index (χ2v) is 7.09. The van der Waals surface area contributed by atoms with Crippen LogP contribution in [0, 0.1) is 11.2 Å². The van der Waals surface area contributed by atoms with E-state index in [0.29, 0.717) is 18.4 Å². The highest BCUT2D eigenvalue weighted by Crippen LogP contribution is 2.43. The van der Waals surface area contributed by atoms with Crippen molar-refractivity contribution in [2.75, 3.05) is 0 Å². The minimum Gasteiger partial charge on any atom is -0.385 e. The van der Waals surface area contributed by atoms with Gasteiger partial charge >= 0.3 is 0 Å². The summed E-state index contributed by atoms with van der Waals surface area (Å²) < 4.78 is 14.8. The van der Waals surface area contributed by atoms with Gasteiger partial charge in [0.15, 0.2) is 0 Å². The molecule has 3 heteroatoms. The van der Waals surface area contributed by atoms with Crippen molar-refractivity contribution < 1.29 is 9.50 Å². The number of hydrogen-bond acceptors (Lipinski definition) is 1. The van der Waals surface area contributed by atoms with Crippen LogP contribution in [0.15, 0.2) is 22.7 Å². The third-order valence-corrected chi connectivity index (χ3v) is 4.58. The van der Waals surface area contributed by atoms with Gasteiger partial charge in [-0.25, -0.2) is 4.39 Å². The van der Waals surface area contributed by atoms with E-state index in [1.54, 1.807) is 12.1 Å². The van der Waals surface area contributed by atoms with Crippen LogP contribution in [-0.4, -0.2) is 5.11 Å². The summed E-state index contributed by atoms with van der Waals surface area (Å²) in [6, 6.07) is 4.81. The van der Waals surface area contributed by atoms with Gasteiger partial charge in [-0.1, -0.05) is 29.8 Å². The molecule has 0 saturated heterocycles. The highest BCUT2D eigenvalue weighted by atomic mass is 79.9. The zero-order chi connectivity index (χ0) is 13.4. The van der Waals surface area contributed by atoms with Crippen LogP contribution >= 0.6 is 15.9 Å². The maximum Gasteiger partial charge on any atom is 0.129 e. The minimum atomic E-state index is -1.01. The van der Waals surface area contributed by atoms with Crippen molar-refractivity contribution in [3.8, 4) is 0 Å². The fourth-order valence-corrected chi connectivity index (χ4v) is 3.14. The van der Waals surface area contributed by atoms with Gasteiger partial charge in [0, 0.05) is 10.0 Å². The van der Waals surface area contributed by atoms with Crippen molar-refractivity contribution in [2.24, 2.45) is 5.41 Å². The Labute approximate surface area is 117 Å². The van der Waals surface area contributed by atoms with Crippen LogP contribution in [0.5, 0.6) is 0 Å². The van der Waals surface area contributed by atoms with Gasteiger partial charge in [-0.15, -0.1) is 0 Å². The molecule has 1 N–H and O–H groups in total. The van der Waals surface area contributed by atoms with E-state index in [9.17, 15) is 9.50 Å². The molecule has 0 aliphatic heterocycles. The first-order chi connectivity index (χ1) is 8.32. The van der Waals surface area contributed by atoms with E-state index in [1.807, 2.05) is 0 Å². The van der Waals surface area contributed by atoms with Gasteiger partial charge in [0.25, 0.3) is 0 Å². The molecule has 0 spiro atoms. The van der Waals surface area contributed by atoms with Crippen molar-refractivity contribution >= 4 is 15.9 Å². The standard InChI is InChI=1S/C15H20BrFO/c1-14(2)6-3-7-15(18,9-8-14)12-10-11(16)4-5-13(12)17/h4-5,10,18H,3,6-9H2,1-2H3. The Kier molecular flexibility index (Phi) is 3.84. The summed E-state index contributed by atoms with van der Waals surface area (Å²) in [5, 5.41) is 10.8. The minimum absolute atomic E-state index is 0.243. The van der Waals surface area contributed by atoms with E-state index in [0.717, 1.165) is 23.7 Å². The van der Waals surface area contributed by atoms with E-state index in [2.05, 4.69) is 29.8 Å². The van der Waals surface area contributed by atoms with Gasteiger partial charge in [-0.05, 0) is 55.7 Å². The molecule has 1 unspecified atom stereocenters. The molecule has 1 saturated carbocycles. The Bertz CT molecular complexity index is 444. The lowest BCUT2D eigenvalue weighted by atomic mass is 9.82. The van der Waals surface area contributed by atoms with Crippen LogP contribution in [0.25, 0.3) is 0 Å². The fourth-order valence-electron chi connectivity index (χ4n) is 2.78. The molecular formula is C15H20BrFO. The normalized spacial score (nSPS) is 27.8. The second kappa shape index (κ2) is 4.93. The van der Waals surface area contributed by atoms with E-state index in [1.165, 1.54) is 6.07 Å². The van der Waals surface area contributed by atoms with Crippen molar-refractivity contribution in [1.29, 1.82) is 0 Å². The van der Waals surface area contributed by atoms with Gasteiger partial charge in [0.2, 0.25) is 0 Å². The number of benzene rings is 1. The Morgan fingerprint density at radius 1 is 1.17 bits per heavy atom. The van der Waals surface area contributed by atoms with Gasteiger partial charge in [-0.2, -0.15) is 0 Å². The van der Waals surface area contributed by atoms with Crippen LogP contribution < -0.4 is 0 Å². The van der Waals surface area contributed by atoms with Crippen molar-refractivity contribution in [1.82, 2.24) is 0 Å². The lowest BCUT2D eigenvalue weighted by molar-refractivity contribution is 0.0146. The van der Waals surface area contributed by atoms with Gasteiger partial charge < -0.3 is 5.11 Å². The van der Waals surface area contributed by atoms with E-state index >= 15 is 0 Å². The Balaban J connectivity index is 2.33. The second-order valence-electron chi connectivity index (χ2n) is 6.17. The predicted molar refractivity (Wildman–Crippen MR) is 74.9 cm³/mol. The molecule has 1 fully saturated rings. The zero-order valence-corrected chi connectivity index (χ0v) is 12.6. The van der Waals surface area contributed by atoms with Crippen LogP contribution in [0.2, 0.25) is 0 Å². The molecule has 18 heavy (non-hydrogen) atoms. The van der Waals surface area contributed by atoms with Crippen LogP contribution in [0.1, 0.15) is 51.5 Å². The number of hydrogen-bond donors (Lipinski definition) is 1. The quantitative estimate of drug-likeness (QED) is 0.740. The van der Waals surface area contributed by atoms with Crippen LogP contribution in [0.3, 0.4) is 0 Å². The molecule has 0 amide bonds. The average Bonchev–Trinajstić information content (AvgIpc) is 2.42. The molecule has 0 heterocycles. The van der Waals surface area contributed by atoms with E-state index in [4.69, 9.17) is 0 Å². The summed E-state index contributed by atoms with van der Waals surface area (Å²) in [4.78, 5) is 0. The molecule has 0 radical (unpaired) electrons. The van der Waals surface area contributed by atoms with Crippen molar-refractivity contribution in [2.45, 2.75) is 51.6 Å². The summed E-state index contributed by atoms with van der Waals surface area (Å²) >= 11 is 3.35. The summed E-state index contributed by atoms with van der Waals surface area (Å²) in [6.45, 7) is 4.44. The SMILES string of the molecule is CC1(C)CCCC(O)(c2cc(Br)ccc2F)CC1. The molecule has 1 aliphatic rings. The number of rotatable bonds is 1. The molecule has 1 nitrogen and oxygen atoms in total. The molecule has 1 atom stereocenters. The maximum absolute atomic E-state index is 13.9. The summed E-state index contributed by atoms with van der Waals surface area (Å²) in [5.74, 6) is -0.305. The Hall–Kier alpha value is -0.410. The molecule has 1 aromatic carbocycles. The van der Waals surface area contributed by atoms with Crippen LogP contribution in [-0.2, 0) is 5.60 Å². The summed E-state index contributed by atoms with van der Waals surface area (Å²) in [7, 11) is 0. The van der Waals surface area contributed by atoms with Gasteiger partial charge in [0.05, 0.1) is 5.60 Å². The topological polar surface area (TPSA) is 20.2 Å². The fraction of sp³-hybridized carbons (Fsp3) is 0.600.